The van der Waals surface area contributed by atoms with Crippen LogP contribution in [0.15, 0.2) is 24.0 Å². The van der Waals surface area contributed by atoms with Crippen molar-refractivity contribution in [1.29, 1.82) is 0 Å². The van der Waals surface area contributed by atoms with Gasteiger partial charge in [-0.3, -0.25) is 0 Å². The smallest absolute Gasteiger partial charge is 0.126 e. The van der Waals surface area contributed by atoms with E-state index in [0.29, 0.717) is 23.1 Å². The lowest BCUT2D eigenvalue weighted by Crippen LogP contribution is -2.06. The van der Waals surface area contributed by atoms with E-state index in [-0.39, 0.29) is 0 Å². The van der Waals surface area contributed by atoms with Gasteiger partial charge < -0.3 is 5.11 Å². The lowest BCUT2D eigenvalue weighted by atomic mass is 10.3. The van der Waals surface area contributed by atoms with E-state index in [1.165, 1.54) is 30.1 Å². The molecule has 74 valence electrons. The molecule has 1 saturated heterocycles. The molecule has 0 atom stereocenters. The van der Waals surface area contributed by atoms with Gasteiger partial charge >= 0.3 is 0 Å². The molecule has 0 saturated carbocycles. The largest absolute Gasteiger partial charge is 0.512 e. The van der Waals surface area contributed by atoms with Crippen molar-refractivity contribution in [3.05, 3.63) is 24.0 Å². The predicted molar refractivity (Wildman–Crippen MR) is 61.3 cm³/mol. The van der Waals surface area contributed by atoms with Crippen molar-refractivity contribution in [3.63, 3.8) is 0 Å². The van der Waals surface area contributed by atoms with E-state index in [2.05, 4.69) is 12.2 Å². The van der Waals surface area contributed by atoms with E-state index in [4.69, 9.17) is 5.11 Å². The van der Waals surface area contributed by atoms with Crippen molar-refractivity contribution in [2.75, 3.05) is 17.3 Å². The summed E-state index contributed by atoms with van der Waals surface area (Å²) in [6.07, 6.45) is 9.62. The Kier molecular flexibility index (Phi) is 5.06. The van der Waals surface area contributed by atoms with Crippen LogP contribution in [0.1, 0.15) is 26.2 Å². The fourth-order valence-corrected chi connectivity index (χ4v) is 3.58. The zero-order valence-electron chi connectivity index (χ0n) is 8.33. The van der Waals surface area contributed by atoms with Gasteiger partial charge in [0, 0.05) is 6.42 Å². The van der Waals surface area contributed by atoms with Crippen LogP contribution in [0.4, 0.5) is 0 Å². The predicted octanol–water partition coefficient (Wildman–Crippen LogP) is 2.81. The highest BCUT2D eigenvalue weighted by molar-refractivity contribution is 7.97. The second-order valence-electron chi connectivity index (χ2n) is 3.35. The molecule has 1 fully saturated rings. The maximum absolute atomic E-state index is 9.16. The summed E-state index contributed by atoms with van der Waals surface area (Å²) in [6, 6.07) is 0. The van der Waals surface area contributed by atoms with Crippen molar-refractivity contribution in [3.8, 4) is 0 Å². The highest BCUT2D eigenvalue weighted by atomic mass is 32.2. The van der Waals surface area contributed by atoms with Crippen LogP contribution >= 0.6 is 0 Å². The lowest BCUT2D eigenvalue weighted by Gasteiger charge is -1.95. The van der Waals surface area contributed by atoms with Gasteiger partial charge in [-0.15, -0.1) is 0 Å². The molecular formula is C11H19OS+. The molecule has 0 aromatic rings. The number of aliphatic hydroxyl groups is 1. The normalized spacial score (nSPS) is 20.2. The fourth-order valence-electron chi connectivity index (χ4n) is 1.41. The molecule has 1 heterocycles. The summed E-state index contributed by atoms with van der Waals surface area (Å²) in [5.74, 6) is 4.57. The van der Waals surface area contributed by atoms with Gasteiger partial charge in [0.1, 0.15) is 17.3 Å². The molecule has 0 aromatic carbocycles. The van der Waals surface area contributed by atoms with Crippen LogP contribution in [0.3, 0.4) is 0 Å². The Hall–Kier alpha value is -0.370. The molecule has 1 aliphatic heterocycles. The third kappa shape index (κ3) is 4.41. The summed E-state index contributed by atoms with van der Waals surface area (Å²) in [7, 11) is 0.668. The average molecular weight is 199 g/mol. The number of rotatable bonds is 4. The maximum atomic E-state index is 9.16. The fraction of sp³-hybridized carbons (Fsp3) is 0.636. The first-order chi connectivity index (χ1) is 6.33. The number of aliphatic hydroxyl groups excluding tert-OH is 1. The van der Waals surface area contributed by atoms with Crippen molar-refractivity contribution in [1.82, 2.24) is 0 Å². The first-order valence-electron chi connectivity index (χ1n) is 4.96. The van der Waals surface area contributed by atoms with Gasteiger partial charge in [0.05, 0.1) is 5.76 Å². The molecule has 1 rings (SSSR count). The standard InChI is InChI=1S/C11H18OS/c1-2-11(12)7-3-4-8-13-9-5-6-10-13/h2-4H,5-10H2,1H3/p+1/b4-3-,11-2+. The summed E-state index contributed by atoms with van der Waals surface area (Å²) in [5, 5.41) is 9.16. The Labute approximate surface area is 83.9 Å². The highest BCUT2D eigenvalue weighted by Crippen LogP contribution is 2.13. The molecule has 0 amide bonds. The summed E-state index contributed by atoms with van der Waals surface area (Å²) in [6.45, 7) is 1.86. The van der Waals surface area contributed by atoms with Gasteiger partial charge in [-0.25, -0.2) is 0 Å². The summed E-state index contributed by atoms with van der Waals surface area (Å²) < 4.78 is 0. The second-order valence-corrected chi connectivity index (χ2v) is 5.72. The molecule has 0 spiro atoms. The minimum atomic E-state index is 0.478. The average Bonchev–Trinajstić information content (AvgIpc) is 2.64. The van der Waals surface area contributed by atoms with Gasteiger partial charge in [0.25, 0.3) is 0 Å². The molecule has 0 unspecified atom stereocenters. The van der Waals surface area contributed by atoms with Crippen LogP contribution in [-0.2, 0) is 10.9 Å². The number of allylic oxidation sites excluding steroid dienone is 2. The first-order valence-corrected chi connectivity index (χ1v) is 6.69. The van der Waals surface area contributed by atoms with Crippen molar-refractivity contribution in [2.45, 2.75) is 26.2 Å². The van der Waals surface area contributed by atoms with Crippen LogP contribution < -0.4 is 0 Å². The number of hydrogen-bond donors (Lipinski definition) is 1. The van der Waals surface area contributed by atoms with Crippen molar-refractivity contribution < 1.29 is 5.11 Å². The Bertz CT molecular complexity index is 190. The molecule has 1 aliphatic rings. The van der Waals surface area contributed by atoms with E-state index >= 15 is 0 Å². The third-order valence-corrected chi connectivity index (χ3v) is 4.67. The van der Waals surface area contributed by atoms with Crippen molar-refractivity contribution >= 4 is 10.9 Å². The second kappa shape index (κ2) is 6.14. The molecule has 0 aliphatic carbocycles. The van der Waals surface area contributed by atoms with Gasteiger partial charge in [-0.2, -0.15) is 0 Å². The quantitative estimate of drug-likeness (QED) is 0.419. The van der Waals surface area contributed by atoms with Gasteiger partial charge in [-0.1, -0.05) is 6.08 Å². The van der Waals surface area contributed by atoms with E-state index in [1.54, 1.807) is 6.08 Å². The van der Waals surface area contributed by atoms with Gasteiger partial charge in [0.2, 0.25) is 0 Å². The number of hydrogen-bond acceptors (Lipinski definition) is 1. The minimum absolute atomic E-state index is 0.478. The van der Waals surface area contributed by atoms with Gasteiger partial charge in [0.15, 0.2) is 0 Å². The van der Waals surface area contributed by atoms with E-state index in [9.17, 15) is 0 Å². The molecule has 13 heavy (non-hydrogen) atoms. The van der Waals surface area contributed by atoms with Crippen LogP contribution in [-0.4, -0.2) is 22.4 Å². The Morgan fingerprint density at radius 1 is 1.31 bits per heavy atom. The van der Waals surface area contributed by atoms with Crippen LogP contribution in [0.2, 0.25) is 0 Å². The first kappa shape index (κ1) is 10.7. The van der Waals surface area contributed by atoms with E-state index in [1.807, 2.05) is 6.92 Å². The van der Waals surface area contributed by atoms with Crippen molar-refractivity contribution in [2.24, 2.45) is 0 Å². The Balaban J connectivity index is 2.10. The summed E-state index contributed by atoms with van der Waals surface area (Å²) >= 11 is 0. The van der Waals surface area contributed by atoms with Crippen LogP contribution in [0.5, 0.6) is 0 Å². The maximum Gasteiger partial charge on any atom is 0.126 e. The Morgan fingerprint density at radius 3 is 2.62 bits per heavy atom. The SMILES string of the molecule is C/C=C(/O)C/C=C\C[S+]1CCCC1. The van der Waals surface area contributed by atoms with Crippen LogP contribution in [0, 0.1) is 0 Å². The van der Waals surface area contributed by atoms with E-state index in [0.717, 1.165) is 0 Å². The molecule has 1 N–H and O–H groups in total. The zero-order chi connectivity index (χ0) is 9.52. The Morgan fingerprint density at radius 2 is 2.00 bits per heavy atom. The summed E-state index contributed by atoms with van der Waals surface area (Å²) in [5.41, 5.74) is 0. The minimum Gasteiger partial charge on any atom is -0.512 e. The zero-order valence-corrected chi connectivity index (χ0v) is 9.15. The monoisotopic (exact) mass is 199 g/mol. The van der Waals surface area contributed by atoms with E-state index < -0.39 is 0 Å². The topological polar surface area (TPSA) is 20.2 Å². The highest BCUT2D eigenvalue weighted by Gasteiger charge is 2.21. The molecule has 1 nitrogen and oxygen atoms in total. The molecular weight excluding hydrogens is 180 g/mol. The molecule has 0 aromatic heterocycles. The molecule has 0 radical (unpaired) electrons. The molecule has 2 heteroatoms. The van der Waals surface area contributed by atoms with Gasteiger partial charge in [-0.05, 0) is 42.8 Å². The third-order valence-electron chi connectivity index (χ3n) is 2.27. The molecule has 0 bridgehead atoms. The van der Waals surface area contributed by atoms with Crippen LogP contribution in [0.25, 0.3) is 0 Å². The summed E-state index contributed by atoms with van der Waals surface area (Å²) in [4.78, 5) is 0. The lowest BCUT2D eigenvalue weighted by molar-refractivity contribution is 0.400.